The summed E-state index contributed by atoms with van der Waals surface area (Å²) < 4.78 is 0. The van der Waals surface area contributed by atoms with Crippen molar-refractivity contribution in [3.05, 3.63) is 60.2 Å². The Balaban J connectivity index is 0.00000144. The molecule has 90 valence electrons. The number of nitrogens with zero attached hydrogens (tertiary/aromatic N) is 2. The van der Waals surface area contributed by atoms with Crippen LogP contribution in [0.4, 0.5) is 0 Å². The number of pyridine rings is 2. The second-order valence-corrected chi connectivity index (χ2v) is 3.76. The first kappa shape index (κ1) is 14.1. The molecule has 17 heavy (non-hydrogen) atoms. The maximum Gasteiger partial charge on any atom is 2.00 e. The Morgan fingerprint density at radius 2 is 1.29 bits per heavy atom. The molecule has 2 aromatic rings. The monoisotopic (exact) mass is 405 g/mol. The van der Waals surface area contributed by atoms with E-state index in [1.54, 1.807) is 12.4 Å². The van der Waals surface area contributed by atoms with Crippen molar-refractivity contribution in [1.29, 1.82) is 0 Å². The van der Waals surface area contributed by atoms with Crippen molar-refractivity contribution in [3.63, 3.8) is 0 Å². The van der Waals surface area contributed by atoms with E-state index in [2.05, 4.69) is 34.5 Å². The first-order valence-electron chi connectivity index (χ1n) is 5.58. The summed E-state index contributed by atoms with van der Waals surface area (Å²) in [6.45, 7) is 0. The second kappa shape index (κ2) is 8.13. The molecule has 2 aromatic heterocycles. The van der Waals surface area contributed by atoms with Gasteiger partial charge in [-0.25, -0.2) is 0 Å². The summed E-state index contributed by atoms with van der Waals surface area (Å²) in [5.74, 6) is 0. The zero-order valence-corrected chi connectivity index (χ0v) is 11.8. The number of rotatable bonds is 5. The molecule has 0 N–H and O–H groups in total. The Labute approximate surface area is 117 Å². The molecule has 0 amide bonds. The molecule has 0 saturated heterocycles. The summed E-state index contributed by atoms with van der Waals surface area (Å²) in [7, 11) is 0. The molecule has 0 unspecified atom stereocenters. The van der Waals surface area contributed by atoms with Gasteiger partial charge in [0, 0.05) is 0 Å². The van der Waals surface area contributed by atoms with Crippen LogP contribution in [0.15, 0.2) is 36.7 Å². The van der Waals surface area contributed by atoms with Crippen LogP contribution in [0.25, 0.3) is 0 Å². The second-order valence-electron chi connectivity index (χ2n) is 3.76. The summed E-state index contributed by atoms with van der Waals surface area (Å²) in [6, 6.07) is 8.06. The van der Waals surface area contributed by atoms with Gasteiger partial charge in [0.2, 0.25) is 0 Å². The SMILES string of the molecule is [Pt+2].[c-]1ncccc1CCCCc1[c-]nccc1. The van der Waals surface area contributed by atoms with Crippen LogP contribution in [-0.2, 0) is 33.9 Å². The fourth-order valence-corrected chi connectivity index (χ4v) is 1.63. The van der Waals surface area contributed by atoms with E-state index in [1.807, 2.05) is 12.1 Å². The van der Waals surface area contributed by atoms with Crippen molar-refractivity contribution in [2.45, 2.75) is 25.7 Å². The zero-order chi connectivity index (χ0) is 11.1. The van der Waals surface area contributed by atoms with Crippen LogP contribution < -0.4 is 0 Å². The molecular weight excluding hydrogens is 391 g/mol. The van der Waals surface area contributed by atoms with Gasteiger partial charge in [-0.15, -0.1) is 11.1 Å². The average molecular weight is 405 g/mol. The number of unbranched alkanes of at least 4 members (excludes halogenated alkanes) is 1. The molecule has 3 heteroatoms. The number of aromatic nitrogens is 2. The minimum atomic E-state index is 0. The fourth-order valence-electron chi connectivity index (χ4n) is 1.63. The maximum atomic E-state index is 3.98. The van der Waals surface area contributed by atoms with Crippen LogP contribution in [0, 0.1) is 12.4 Å². The third-order valence-corrected chi connectivity index (χ3v) is 2.47. The van der Waals surface area contributed by atoms with Crippen LogP contribution in [0.3, 0.4) is 0 Å². The van der Waals surface area contributed by atoms with Crippen LogP contribution in [0.5, 0.6) is 0 Å². The van der Waals surface area contributed by atoms with Crippen molar-refractivity contribution >= 4 is 0 Å². The van der Waals surface area contributed by atoms with Gasteiger partial charge in [-0.2, -0.15) is 24.3 Å². The number of hydrogen-bond acceptors (Lipinski definition) is 2. The molecule has 2 nitrogen and oxygen atoms in total. The first-order chi connectivity index (χ1) is 7.95. The van der Waals surface area contributed by atoms with E-state index in [0.29, 0.717) is 0 Å². The molecular formula is C14H14N2Pt. The van der Waals surface area contributed by atoms with Crippen molar-refractivity contribution in [1.82, 2.24) is 9.97 Å². The molecule has 2 rings (SSSR count). The average Bonchev–Trinajstić information content (AvgIpc) is 2.37. The van der Waals surface area contributed by atoms with Crippen molar-refractivity contribution in [3.8, 4) is 0 Å². The zero-order valence-electron chi connectivity index (χ0n) is 9.50. The van der Waals surface area contributed by atoms with Gasteiger partial charge >= 0.3 is 21.1 Å². The van der Waals surface area contributed by atoms with Gasteiger partial charge in [0.1, 0.15) is 0 Å². The molecule has 0 aromatic carbocycles. The van der Waals surface area contributed by atoms with E-state index in [4.69, 9.17) is 0 Å². The summed E-state index contributed by atoms with van der Waals surface area (Å²) in [4.78, 5) is 7.96. The standard InChI is InChI=1S/C14H14N2.Pt/c1(5-13-7-3-9-15-11-13)2-6-14-8-4-10-16-12-14;/h3-4,7-10H,1-2,5-6H2;/q-2;+2. The van der Waals surface area contributed by atoms with E-state index in [1.165, 1.54) is 11.1 Å². The molecule has 0 spiro atoms. The minimum Gasteiger partial charge on any atom is -0.394 e. The van der Waals surface area contributed by atoms with E-state index in [-0.39, 0.29) is 21.1 Å². The quantitative estimate of drug-likeness (QED) is 0.565. The van der Waals surface area contributed by atoms with Gasteiger partial charge in [-0.3, -0.25) is 0 Å². The normalized spacial score (nSPS) is 9.65. The van der Waals surface area contributed by atoms with Gasteiger partial charge in [-0.1, -0.05) is 37.6 Å². The van der Waals surface area contributed by atoms with E-state index >= 15 is 0 Å². The molecule has 0 atom stereocenters. The summed E-state index contributed by atoms with van der Waals surface area (Å²) in [6.07, 6.45) is 13.9. The summed E-state index contributed by atoms with van der Waals surface area (Å²) >= 11 is 0. The van der Waals surface area contributed by atoms with E-state index < -0.39 is 0 Å². The minimum absolute atomic E-state index is 0. The van der Waals surface area contributed by atoms with Crippen molar-refractivity contribution in [2.75, 3.05) is 0 Å². The predicted octanol–water partition coefficient (Wildman–Crippen LogP) is 2.64. The van der Waals surface area contributed by atoms with E-state index in [9.17, 15) is 0 Å². The predicted molar refractivity (Wildman–Crippen MR) is 62.8 cm³/mol. The molecule has 0 bridgehead atoms. The van der Waals surface area contributed by atoms with Gasteiger partial charge in [0.05, 0.1) is 0 Å². The molecule has 0 aliphatic heterocycles. The summed E-state index contributed by atoms with van der Waals surface area (Å²) in [5.41, 5.74) is 2.38. The topological polar surface area (TPSA) is 25.8 Å². The molecule has 0 radical (unpaired) electrons. The van der Waals surface area contributed by atoms with Gasteiger partial charge in [-0.05, 0) is 12.8 Å². The van der Waals surface area contributed by atoms with Crippen molar-refractivity contribution < 1.29 is 21.1 Å². The third kappa shape index (κ3) is 5.23. The summed E-state index contributed by atoms with van der Waals surface area (Å²) in [5, 5.41) is 0. The smallest absolute Gasteiger partial charge is 0.394 e. The van der Waals surface area contributed by atoms with Crippen LogP contribution in [0.1, 0.15) is 24.0 Å². The first-order valence-corrected chi connectivity index (χ1v) is 5.58. The Bertz CT molecular complexity index is 362. The van der Waals surface area contributed by atoms with Gasteiger partial charge < -0.3 is 9.97 Å². The maximum absolute atomic E-state index is 3.98. The van der Waals surface area contributed by atoms with Gasteiger partial charge in [0.25, 0.3) is 0 Å². The number of aryl methyl sites for hydroxylation is 2. The molecule has 0 fully saturated rings. The third-order valence-electron chi connectivity index (χ3n) is 2.47. The van der Waals surface area contributed by atoms with Crippen molar-refractivity contribution in [2.24, 2.45) is 0 Å². The molecule has 0 saturated carbocycles. The fraction of sp³-hybridized carbons (Fsp3) is 0.286. The molecule has 2 heterocycles. The number of hydrogen-bond donors (Lipinski definition) is 0. The Kier molecular flexibility index (Phi) is 6.72. The Hall–Kier alpha value is -1.01. The molecule has 0 aliphatic rings. The van der Waals surface area contributed by atoms with Crippen LogP contribution in [0.2, 0.25) is 0 Å². The Morgan fingerprint density at radius 3 is 1.65 bits per heavy atom. The largest absolute Gasteiger partial charge is 2.00 e. The van der Waals surface area contributed by atoms with Crippen LogP contribution in [-0.4, -0.2) is 9.97 Å². The van der Waals surface area contributed by atoms with Gasteiger partial charge in [0.15, 0.2) is 0 Å². The van der Waals surface area contributed by atoms with E-state index in [0.717, 1.165) is 25.7 Å². The van der Waals surface area contributed by atoms with Crippen LogP contribution >= 0.6 is 0 Å². The molecule has 0 aliphatic carbocycles. The Morgan fingerprint density at radius 1 is 0.824 bits per heavy atom.